The molecular formula is C17H25N3O9. The molecule has 0 aliphatic carbocycles. The van der Waals surface area contributed by atoms with E-state index in [1.807, 2.05) is 0 Å². The second kappa shape index (κ2) is 10.3. The average molecular weight is 415 g/mol. The van der Waals surface area contributed by atoms with Gasteiger partial charge in [-0.2, -0.15) is 0 Å². The maximum Gasteiger partial charge on any atom is 0.409 e. The third-order valence-electron chi connectivity index (χ3n) is 4.29. The summed E-state index contributed by atoms with van der Waals surface area (Å²) in [6.07, 6.45) is -6.35. The van der Waals surface area contributed by atoms with Crippen LogP contribution in [-0.4, -0.2) is 89.6 Å². The number of aliphatic hydroxyl groups excluding tert-OH is 3. The molecule has 29 heavy (non-hydrogen) atoms. The van der Waals surface area contributed by atoms with Crippen molar-refractivity contribution >= 4 is 11.8 Å². The number of hydrogen-bond donors (Lipinski definition) is 4. The van der Waals surface area contributed by atoms with Gasteiger partial charge in [0.2, 0.25) is 6.29 Å². The Morgan fingerprint density at radius 1 is 1.38 bits per heavy atom. The van der Waals surface area contributed by atoms with Crippen molar-refractivity contribution in [3.8, 4) is 5.75 Å². The van der Waals surface area contributed by atoms with E-state index < -0.39 is 41.3 Å². The number of amides is 1. The summed E-state index contributed by atoms with van der Waals surface area (Å²) >= 11 is 0. The summed E-state index contributed by atoms with van der Waals surface area (Å²) < 4.78 is 15.6. The number of hydrogen-bond acceptors (Lipinski definition) is 10. The topological polar surface area (TPSA) is 164 Å². The number of aliphatic hydroxyl groups is 3. The first kappa shape index (κ1) is 22.8. The predicted molar refractivity (Wildman–Crippen MR) is 98.2 cm³/mol. The number of rotatable bonds is 8. The van der Waals surface area contributed by atoms with Gasteiger partial charge in [-0.25, -0.2) is 4.79 Å². The second-order valence-corrected chi connectivity index (χ2v) is 6.51. The Kier molecular flexibility index (Phi) is 8.10. The van der Waals surface area contributed by atoms with Crippen molar-refractivity contribution < 1.29 is 39.2 Å². The SMILES string of the molecule is CNCCN(C)C(=O)OCc1ccc(O[C@@H]2OC[C@@H](O)[C@H](O)[C@H]2O)c([N+](=O)[O-])c1. The lowest BCUT2D eigenvalue weighted by Gasteiger charge is -2.34. The van der Waals surface area contributed by atoms with Gasteiger partial charge in [0.25, 0.3) is 0 Å². The minimum atomic E-state index is -1.59. The summed E-state index contributed by atoms with van der Waals surface area (Å²) in [5.41, 5.74) is -0.0708. The Morgan fingerprint density at radius 3 is 2.76 bits per heavy atom. The zero-order valence-electron chi connectivity index (χ0n) is 16.1. The van der Waals surface area contributed by atoms with Crippen LogP contribution >= 0.6 is 0 Å². The molecule has 1 amide bonds. The molecule has 162 valence electrons. The summed E-state index contributed by atoms with van der Waals surface area (Å²) in [5.74, 6) is -0.205. The fraction of sp³-hybridized carbons (Fsp3) is 0.588. The van der Waals surface area contributed by atoms with Gasteiger partial charge in [0, 0.05) is 26.2 Å². The Bertz CT molecular complexity index is 717. The molecule has 12 nitrogen and oxygen atoms in total. The molecular weight excluding hydrogens is 390 g/mol. The van der Waals surface area contributed by atoms with Crippen molar-refractivity contribution in [3.05, 3.63) is 33.9 Å². The molecule has 0 unspecified atom stereocenters. The fourth-order valence-electron chi connectivity index (χ4n) is 2.53. The molecule has 0 bridgehead atoms. The van der Waals surface area contributed by atoms with Crippen LogP contribution in [0, 0.1) is 10.1 Å². The van der Waals surface area contributed by atoms with Crippen molar-refractivity contribution in [1.29, 1.82) is 0 Å². The summed E-state index contributed by atoms with van der Waals surface area (Å²) in [5, 5.41) is 43.3. The maximum absolute atomic E-state index is 11.9. The smallest absolute Gasteiger partial charge is 0.409 e. The van der Waals surface area contributed by atoms with Gasteiger partial charge < -0.3 is 39.7 Å². The first-order valence-electron chi connectivity index (χ1n) is 8.86. The van der Waals surface area contributed by atoms with Crippen LogP contribution in [-0.2, 0) is 16.1 Å². The Hall–Kier alpha value is -2.51. The molecule has 1 aliphatic rings. The van der Waals surface area contributed by atoms with Gasteiger partial charge in [0.05, 0.1) is 11.5 Å². The molecule has 4 atom stereocenters. The van der Waals surface area contributed by atoms with E-state index in [0.717, 1.165) is 0 Å². The third-order valence-corrected chi connectivity index (χ3v) is 4.29. The largest absolute Gasteiger partial charge is 0.455 e. The van der Waals surface area contributed by atoms with E-state index in [0.29, 0.717) is 18.7 Å². The minimum absolute atomic E-state index is 0.183. The molecule has 0 saturated carbocycles. The monoisotopic (exact) mass is 415 g/mol. The van der Waals surface area contributed by atoms with Crippen LogP contribution in [0.25, 0.3) is 0 Å². The van der Waals surface area contributed by atoms with E-state index in [2.05, 4.69) is 5.32 Å². The van der Waals surface area contributed by atoms with Crippen molar-refractivity contribution in [2.24, 2.45) is 0 Å². The number of nitrogens with zero attached hydrogens (tertiary/aromatic N) is 2. The van der Waals surface area contributed by atoms with Gasteiger partial charge in [-0.05, 0) is 18.7 Å². The van der Waals surface area contributed by atoms with Crippen molar-refractivity contribution in [2.75, 3.05) is 33.8 Å². The summed E-state index contributed by atoms with van der Waals surface area (Å²) in [6.45, 7) is 0.541. The normalized spacial score (nSPS) is 24.0. The molecule has 0 spiro atoms. The molecule has 4 N–H and O–H groups in total. The minimum Gasteiger partial charge on any atom is -0.455 e. The lowest BCUT2D eigenvalue weighted by atomic mass is 10.1. The van der Waals surface area contributed by atoms with Crippen LogP contribution in [0.1, 0.15) is 5.56 Å². The molecule has 1 fully saturated rings. The van der Waals surface area contributed by atoms with Gasteiger partial charge in [0.15, 0.2) is 5.75 Å². The summed E-state index contributed by atoms with van der Waals surface area (Å²) in [7, 11) is 3.32. The van der Waals surface area contributed by atoms with E-state index in [4.69, 9.17) is 14.2 Å². The van der Waals surface area contributed by atoms with E-state index in [9.17, 15) is 30.2 Å². The van der Waals surface area contributed by atoms with Gasteiger partial charge in [0.1, 0.15) is 24.9 Å². The molecule has 0 radical (unpaired) electrons. The quantitative estimate of drug-likeness (QED) is 0.312. The van der Waals surface area contributed by atoms with Gasteiger partial charge >= 0.3 is 11.8 Å². The lowest BCUT2D eigenvalue weighted by molar-refractivity contribution is -0.386. The zero-order valence-corrected chi connectivity index (χ0v) is 16.1. The van der Waals surface area contributed by atoms with Gasteiger partial charge in [-0.1, -0.05) is 6.07 Å². The number of nitrogens with one attached hydrogen (secondary N) is 1. The van der Waals surface area contributed by atoms with E-state index in [1.54, 1.807) is 14.1 Å². The summed E-state index contributed by atoms with van der Waals surface area (Å²) in [4.78, 5) is 24.0. The highest BCUT2D eigenvalue weighted by Crippen LogP contribution is 2.31. The van der Waals surface area contributed by atoms with Crippen LogP contribution in [0.2, 0.25) is 0 Å². The molecule has 12 heteroatoms. The molecule has 1 aromatic rings. The molecule has 1 aliphatic heterocycles. The zero-order chi connectivity index (χ0) is 21.6. The highest BCUT2D eigenvalue weighted by Gasteiger charge is 2.39. The van der Waals surface area contributed by atoms with Crippen LogP contribution in [0.4, 0.5) is 10.5 Å². The highest BCUT2D eigenvalue weighted by molar-refractivity contribution is 5.67. The number of carbonyl (C=O) groups excluding carboxylic acids is 1. The fourth-order valence-corrected chi connectivity index (χ4v) is 2.53. The highest BCUT2D eigenvalue weighted by atomic mass is 16.7. The number of carbonyl (C=O) groups is 1. The predicted octanol–water partition coefficient (Wildman–Crippen LogP) is -0.800. The maximum atomic E-state index is 11.9. The van der Waals surface area contributed by atoms with E-state index >= 15 is 0 Å². The lowest BCUT2D eigenvalue weighted by Crippen LogP contribution is -2.54. The Balaban J connectivity index is 2.05. The van der Waals surface area contributed by atoms with E-state index in [1.165, 1.54) is 23.1 Å². The van der Waals surface area contributed by atoms with E-state index in [-0.39, 0.29) is 19.0 Å². The van der Waals surface area contributed by atoms with Crippen molar-refractivity contribution in [1.82, 2.24) is 10.2 Å². The van der Waals surface area contributed by atoms with Crippen LogP contribution in [0.5, 0.6) is 5.75 Å². The average Bonchev–Trinajstić information content (AvgIpc) is 2.70. The standard InChI is InChI=1S/C17H25N3O9/c1-18-5-6-19(2)17(24)28-8-10-3-4-13(11(7-10)20(25)26)29-16-15(23)14(22)12(21)9-27-16/h3-4,7,12,14-16,18,21-23H,5-6,8-9H2,1-2H3/t12-,14+,15-,16+/m1/s1. The van der Waals surface area contributed by atoms with Crippen molar-refractivity contribution in [2.45, 2.75) is 31.2 Å². The molecule has 1 aromatic carbocycles. The molecule has 1 saturated heterocycles. The number of ether oxygens (including phenoxy) is 3. The molecule has 1 heterocycles. The van der Waals surface area contributed by atoms with Crippen LogP contribution in [0.15, 0.2) is 18.2 Å². The number of benzene rings is 1. The third kappa shape index (κ3) is 5.98. The Morgan fingerprint density at radius 2 is 2.10 bits per heavy atom. The first-order chi connectivity index (χ1) is 13.7. The Labute approximate surface area is 166 Å². The van der Waals surface area contributed by atoms with Gasteiger partial charge in [-0.15, -0.1) is 0 Å². The summed E-state index contributed by atoms with van der Waals surface area (Å²) in [6, 6.07) is 3.92. The number of nitro benzene ring substituents is 1. The molecule has 2 rings (SSSR count). The van der Waals surface area contributed by atoms with Crippen molar-refractivity contribution in [3.63, 3.8) is 0 Å². The van der Waals surface area contributed by atoms with Crippen LogP contribution in [0.3, 0.4) is 0 Å². The molecule has 0 aromatic heterocycles. The number of nitro groups is 1. The second-order valence-electron chi connectivity index (χ2n) is 6.51. The first-order valence-corrected chi connectivity index (χ1v) is 8.86. The van der Waals surface area contributed by atoms with Gasteiger partial charge in [-0.3, -0.25) is 10.1 Å². The number of likely N-dealkylation sites (N-methyl/N-ethyl adjacent to an activating group) is 2. The van der Waals surface area contributed by atoms with Crippen LogP contribution < -0.4 is 10.1 Å².